The SMILES string of the molecule is COc1c(C)cc(COC(=O)N2CC[C@@H](N3CCc4ccccc4NC3=O)C[C@@]2(CC=O)N2CCC(C3CCNCC3)CC2)cc1C. The molecular weight excluding hydrogens is 594 g/mol. The number of aldehydes is 1. The molecule has 3 saturated heterocycles. The van der Waals surface area contributed by atoms with Gasteiger partial charge in [-0.15, -0.1) is 0 Å². The van der Waals surface area contributed by atoms with Gasteiger partial charge in [0.15, 0.2) is 0 Å². The van der Waals surface area contributed by atoms with Crippen LogP contribution in [0.15, 0.2) is 36.4 Å². The highest BCUT2D eigenvalue weighted by Crippen LogP contribution is 2.41. The third kappa shape index (κ3) is 6.99. The predicted octanol–water partition coefficient (Wildman–Crippen LogP) is 5.50. The number of hydrogen-bond acceptors (Lipinski definition) is 7. The van der Waals surface area contributed by atoms with Crippen molar-refractivity contribution in [2.75, 3.05) is 51.7 Å². The number of benzene rings is 2. The molecule has 2 N–H and O–H groups in total. The van der Waals surface area contributed by atoms with Crippen molar-refractivity contribution in [3.63, 3.8) is 0 Å². The van der Waals surface area contributed by atoms with Gasteiger partial charge < -0.3 is 29.8 Å². The van der Waals surface area contributed by atoms with Crippen LogP contribution in [0, 0.1) is 25.7 Å². The van der Waals surface area contributed by atoms with Crippen LogP contribution < -0.4 is 15.4 Å². The van der Waals surface area contributed by atoms with E-state index in [1.807, 2.05) is 54.0 Å². The Morgan fingerprint density at radius 1 is 0.979 bits per heavy atom. The molecule has 0 spiro atoms. The van der Waals surface area contributed by atoms with E-state index in [1.54, 1.807) is 7.11 Å². The Balaban J connectivity index is 1.24. The van der Waals surface area contributed by atoms with Crippen LogP contribution >= 0.6 is 0 Å². The van der Waals surface area contributed by atoms with Crippen molar-refractivity contribution in [3.05, 3.63) is 58.7 Å². The number of aryl methyl sites for hydroxylation is 2. The molecule has 4 heterocycles. The molecule has 3 fully saturated rings. The van der Waals surface area contributed by atoms with E-state index in [0.717, 1.165) is 91.3 Å². The Bertz CT molecular complexity index is 1410. The maximum Gasteiger partial charge on any atom is 0.411 e. The first-order chi connectivity index (χ1) is 22.8. The maximum absolute atomic E-state index is 14.1. The van der Waals surface area contributed by atoms with Crippen molar-refractivity contribution in [1.82, 2.24) is 20.0 Å². The molecule has 0 unspecified atom stereocenters. The number of nitrogens with zero attached hydrogens (tertiary/aromatic N) is 3. The summed E-state index contributed by atoms with van der Waals surface area (Å²) in [6.07, 6.45) is 7.09. The normalized spacial score (nSPS) is 24.7. The molecule has 4 aliphatic rings. The lowest BCUT2D eigenvalue weighted by Crippen LogP contribution is -2.69. The molecule has 0 aromatic heterocycles. The first-order valence-electron chi connectivity index (χ1n) is 17.5. The van der Waals surface area contributed by atoms with Gasteiger partial charge in [0.2, 0.25) is 0 Å². The van der Waals surface area contributed by atoms with Gasteiger partial charge in [-0.1, -0.05) is 18.2 Å². The van der Waals surface area contributed by atoms with Crippen LogP contribution in [-0.4, -0.2) is 91.2 Å². The minimum absolute atomic E-state index is 0.120. The summed E-state index contributed by atoms with van der Waals surface area (Å²) >= 11 is 0. The molecule has 3 amide bonds. The van der Waals surface area contributed by atoms with Gasteiger partial charge in [-0.2, -0.15) is 0 Å². The third-order valence-electron chi connectivity index (χ3n) is 11.2. The Labute approximate surface area is 279 Å². The molecule has 10 heteroatoms. The summed E-state index contributed by atoms with van der Waals surface area (Å²) in [6.45, 7) is 8.88. The van der Waals surface area contributed by atoms with Crippen LogP contribution in [0.25, 0.3) is 0 Å². The van der Waals surface area contributed by atoms with Crippen LogP contribution in [0.2, 0.25) is 0 Å². The van der Waals surface area contributed by atoms with Gasteiger partial charge in [-0.3, -0.25) is 9.80 Å². The summed E-state index contributed by atoms with van der Waals surface area (Å²) < 4.78 is 11.6. The standard InChI is InChI=1S/C37H51N5O5/c1-26-22-28(23-27(2)34(26)46-3)25-47-36(45)42-20-13-32(41-19-12-31-6-4-5-7-33(31)39-35(41)44)24-37(42,14-21-43)40-17-10-30(11-18-40)29-8-15-38-16-9-29/h4-7,21-23,29-30,32,38H,8-20,24-25H2,1-3H3,(H,39,44)/t32-,37+/m1/s1. The van der Waals surface area contributed by atoms with Gasteiger partial charge in [0, 0.05) is 50.7 Å². The molecule has 2 aromatic rings. The van der Waals surface area contributed by atoms with Crippen LogP contribution in [0.4, 0.5) is 15.3 Å². The topological polar surface area (TPSA) is 103 Å². The molecule has 6 rings (SSSR count). The zero-order chi connectivity index (χ0) is 33.0. The summed E-state index contributed by atoms with van der Waals surface area (Å²) in [4.78, 5) is 46.4. The second-order valence-electron chi connectivity index (χ2n) is 13.9. The van der Waals surface area contributed by atoms with E-state index < -0.39 is 11.8 Å². The highest BCUT2D eigenvalue weighted by atomic mass is 16.6. The predicted molar refractivity (Wildman–Crippen MR) is 182 cm³/mol. The van der Waals surface area contributed by atoms with Crippen LogP contribution in [0.5, 0.6) is 5.75 Å². The average Bonchev–Trinajstić information content (AvgIpc) is 3.25. The summed E-state index contributed by atoms with van der Waals surface area (Å²) in [5.41, 5.74) is 3.98. The number of para-hydroxylation sites is 1. The largest absolute Gasteiger partial charge is 0.496 e. The number of hydrogen-bond donors (Lipinski definition) is 2. The van der Waals surface area contributed by atoms with Crippen molar-refractivity contribution < 1.29 is 23.9 Å². The number of carbonyl (C=O) groups is 3. The van der Waals surface area contributed by atoms with E-state index >= 15 is 0 Å². The lowest BCUT2D eigenvalue weighted by molar-refractivity contribution is -0.128. The number of carbonyl (C=O) groups excluding carboxylic acids is 3. The van der Waals surface area contributed by atoms with Gasteiger partial charge >= 0.3 is 12.1 Å². The number of anilines is 1. The van der Waals surface area contributed by atoms with Crippen molar-refractivity contribution >= 4 is 24.1 Å². The van der Waals surface area contributed by atoms with Crippen molar-refractivity contribution in [2.24, 2.45) is 11.8 Å². The fourth-order valence-corrected chi connectivity index (χ4v) is 8.87. The van der Waals surface area contributed by atoms with Crippen molar-refractivity contribution in [2.45, 2.75) is 83.5 Å². The average molecular weight is 646 g/mol. The zero-order valence-electron chi connectivity index (χ0n) is 28.3. The first kappa shape index (κ1) is 33.3. The molecule has 0 aliphatic carbocycles. The van der Waals surface area contributed by atoms with Crippen molar-refractivity contribution in [3.8, 4) is 5.75 Å². The number of likely N-dealkylation sites (tertiary alicyclic amines) is 2. The highest BCUT2D eigenvalue weighted by molar-refractivity contribution is 5.91. The molecule has 0 bridgehead atoms. The van der Waals surface area contributed by atoms with E-state index in [0.29, 0.717) is 31.8 Å². The van der Waals surface area contributed by atoms with Crippen LogP contribution in [0.3, 0.4) is 0 Å². The van der Waals surface area contributed by atoms with Crippen molar-refractivity contribution in [1.29, 1.82) is 0 Å². The third-order valence-corrected chi connectivity index (χ3v) is 11.2. The minimum Gasteiger partial charge on any atom is -0.496 e. The zero-order valence-corrected chi connectivity index (χ0v) is 28.3. The quantitative estimate of drug-likeness (QED) is 0.366. The Kier molecular flexibility index (Phi) is 10.4. The smallest absolute Gasteiger partial charge is 0.411 e. The molecule has 10 nitrogen and oxygen atoms in total. The Hall–Kier alpha value is -3.63. The molecule has 0 radical (unpaired) electrons. The molecule has 254 valence electrons. The van der Waals surface area contributed by atoms with Gasteiger partial charge in [-0.05, 0) is 118 Å². The fraction of sp³-hybridized carbons (Fsp3) is 0.595. The summed E-state index contributed by atoms with van der Waals surface area (Å²) in [5, 5.41) is 6.61. The number of piperidine rings is 3. The summed E-state index contributed by atoms with van der Waals surface area (Å²) in [6, 6.07) is 11.7. The van der Waals surface area contributed by atoms with Gasteiger partial charge in [-0.25, -0.2) is 9.59 Å². The van der Waals surface area contributed by atoms with Crippen LogP contribution in [0.1, 0.15) is 67.2 Å². The number of amides is 3. The fourth-order valence-electron chi connectivity index (χ4n) is 8.87. The number of nitrogens with one attached hydrogen (secondary N) is 2. The lowest BCUT2D eigenvalue weighted by atomic mass is 9.77. The van der Waals surface area contributed by atoms with Crippen LogP contribution in [-0.2, 0) is 22.6 Å². The summed E-state index contributed by atoms with van der Waals surface area (Å²) in [7, 11) is 1.66. The minimum atomic E-state index is -0.869. The molecule has 2 atom stereocenters. The van der Waals surface area contributed by atoms with E-state index in [1.165, 1.54) is 12.8 Å². The van der Waals surface area contributed by atoms with E-state index in [-0.39, 0.29) is 25.1 Å². The summed E-state index contributed by atoms with van der Waals surface area (Å²) in [5.74, 6) is 2.21. The molecule has 2 aromatic carbocycles. The van der Waals surface area contributed by atoms with E-state index in [4.69, 9.17) is 9.47 Å². The highest BCUT2D eigenvalue weighted by Gasteiger charge is 2.52. The van der Waals surface area contributed by atoms with E-state index in [9.17, 15) is 14.4 Å². The number of fused-ring (bicyclic) bond motifs is 1. The van der Waals surface area contributed by atoms with E-state index in [2.05, 4.69) is 21.6 Å². The lowest BCUT2D eigenvalue weighted by Gasteiger charge is -2.56. The van der Waals surface area contributed by atoms with Gasteiger partial charge in [0.05, 0.1) is 7.11 Å². The molecular formula is C37H51N5O5. The first-order valence-corrected chi connectivity index (χ1v) is 17.5. The maximum atomic E-state index is 14.1. The Morgan fingerprint density at radius 2 is 1.68 bits per heavy atom. The monoisotopic (exact) mass is 645 g/mol. The number of ether oxygens (including phenoxy) is 2. The van der Waals surface area contributed by atoms with Gasteiger partial charge in [0.25, 0.3) is 0 Å². The Morgan fingerprint density at radius 3 is 2.38 bits per heavy atom. The van der Waals surface area contributed by atoms with Gasteiger partial charge in [0.1, 0.15) is 24.3 Å². The molecule has 47 heavy (non-hydrogen) atoms. The number of rotatable bonds is 8. The molecule has 4 aliphatic heterocycles. The second-order valence-corrected chi connectivity index (χ2v) is 13.9. The second kappa shape index (κ2) is 14.6. The molecule has 0 saturated carbocycles. The number of methoxy groups -OCH3 is 1. The number of urea groups is 1.